The van der Waals surface area contributed by atoms with Gasteiger partial charge in [-0.2, -0.15) is 0 Å². The normalized spacial score (nSPS) is 27.5. The van der Waals surface area contributed by atoms with E-state index < -0.39 is 0 Å². The summed E-state index contributed by atoms with van der Waals surface area (Å²) < 4.78 is 2.20. The minimum atomic E-state index is 0.0309. The molecule has 1 aromatic rings. The van der Waals surface area contributed by atoms with Gasteiger partial charge in [0.15, 0.2) is 0 Å². The predicted octanol–water partition coefficient (Wildman–Crippen LogP) is 2.14. The molecule has 2 rings (SSSR count). The summed E-state index contributed by atoms with van der Waals surface area (Å²) in [5.41, 5.74) is 6.15. The average molecular weight is 265 g/mol. The smallest absolute Gasteiger partial charge is 0.224 e. The lowest BCUT2D eigenvalue weighted by Crippen LogP contribution is -2.41. The first-order chi connectivity index (χ1) is 9.16. The number of nitrogens with zero attached hydrogens (tertiary/aromatic N) is 3. The molecule has 0 unspecified atom stereocenters. The fourth-order valence-corrected chi connectivity index (χ4v) is 3.12. The SMILES string of the molecule is CCNc1nnc(C2(CN)CCC(C)CC2)n1CC. The lowest BCUT2D eigenvalue weighted by Gasteiger charge is -2.37. The summed E-state index contributed by atoms with van der Waals surface area (Å²) in [5, 5.41) is 12.1. The quantitative estimate of drug-likeness (QED) is 0.856. The minimum Gasteiger partial charge on any atom is -0.355 e. The van der Waals surface area contributed by atoms with Crippen molar-refractivity contribution in [1.29, 1.82) is 0 Å². The van der Waals surface area contributed by atoms with E-state index in [4.69, 9.17) is 5.73 Å². The number of nitrogens with one attached hydrogen (secondary N) is 1. The zero-order valence-corrected chi connectivity index (χ0v) is 12.4. The molecule has 3 N–H and O–H groups in total. The fourth-order valence-electron chi connectivity index (χ4n) is 3.12. The molecule has 0 aliphatic heterocycles. The van der Waals surface area contributed by atoms with Crippen LogP contribution in [0.4, 0.5) is 5.95 Å². The van der Waals surface area contributed by atoms with Crippen LogP contribution in [0.2, 0.25) is 0 Å². The summed E-state index contributed by atoms with van der Waals surface area (Å²) in [4.78, 5) is 0. The van der Waals surface area contributed by atoms with Gasteiger partial charge in [-0.25, -0.2) is 0 Å². The number of rotatable bonds is 5. The average Bonchev–Trinajstić information content (AvgIpc) is 2.84. The number of nitrogens with two attached hydrogens (primary N) is 1. The van der Waals surface area contributed by atoms with Gasteiger partial charge in [0.2, 0.25) is 5.95 Å². The highest BCUT2D eigenvalue weighted by Crippen LogP contribution is 2.40. The van der Waals surface area contributed by atoms with Crippen LogP contribution in [0, 0.1) is 5.92 Å². The number of anilines is 1. The molecule has 5 nitrogen and oxygen atoms in total. The van der Waals surface area contributed by atoms with E-state index in [-0.39, 0.29) is 5.41 Å². The van der Waals surface area contributed by atoms with E-state index in [9.17, 15) is 0 Å². The number of hydrogen-bond donors (Lipinski definition) is 2. The lowest BCUT2D eigenvalue weighted by molar-refractivity contribution is 0.231. The zero-order valence-electron chi connectivity index (χ0n) is 12.4. The molecule has 5 heteroatoms. The van der Waals surface area contributed by atoms with E-state index >= 15 is 0 Å². The molecule has 1 heterocycles. The van der Waals surface area contributed by atoms with Crippen LogP contribution in [-0.2, 0) is 12.0 Å². The Morgan fingerprint density at radius 1 is 1.32 bits per heavy atom. The van der Waals surface area contributed by atoms with Crippen LogP contribution in [0.3, 0.4) is 0 Å². The van der Waals surface area contributed by atoms with Gasteiger partial charge in [0.05, 0.1) is 0 Å². The summed E-state index contributed by atoms with van der Waals surface area (Å²) in [5.74, 6) is 2.78. The van der Waals surface area contributed by atoms with Gasteiger partial charge in [0, 0.05) is 25.0 Å². The molecule has 0 atom stereocenters. The summed E-state index contributed by atoms with van der Waals surface area (Å²) in [7, 11) is 0. The summed E-state index contributed by atoms with van der Waals surface area (Å²) in [6.45, 7) is 8.98. The summed E-state index contributed by atoms with van der Waals surface area (Å²) in [6, 6.07) is 0. The lowest BCUT2D eigenvalue weighted by atomic mass is 9.70. The molecule has 1 aliphatic rings. The van der Waals surface area contributed by atoms with Crippen molar-refractivity contribution in [2.75, 3.05) is 18.4 Å². The molecule has 1 aliphatic carbocycles. The molecule has 0 aromatic carbocycles. The molecular weight excluding hydrogens is 238 g/mol. The maximum absolute atomic E-state index is 6.12. The Bertz CT molecular complexity index is 404. The number of hydrogen-bond acceptors (Lipinski definition) is 4. The van der Waals surface area contributed by atoms with Crippen LogP contribution in [-0.4, -0.2) is 27.9 Å². The third kappa shape index (κ3) is 2.61. The number of aromatic nitrogens is 3. The minimum absolute atomic E-state index is 0.0309. The third-order valence-electron chi connectivity index (χ3n) is 4.50. The summed E-state index contributed by atoms with van der Waals surface area (Å²) >= 11 is 0. The molecule has 0 spiro atoms. The largest absolute Gasteiger partial charge is 0.355 e. The van der Waals surface area contributed by atoms with Gasteiger partial charge in [-0.15, -0.1) is 10.2 Å². The van der Waals surface area contributed by atoms with E-state index in [1.165, 1.54) is 12.8 Å². The highest BCUT2D eigenvalue weighted by molar-refractivity contribution is 5.29. The Balaban J connectivity index is 2.32. The maximum atomic E-state index is 6.12. The van der Waals surface area contributed by atoms with Crippen LogP contribution in [0.1, 0.15) is 52.3 Å². The predicted molar refractivity (Wildman–Crippen MR) is 78.2 cm³/mol. The molecule has 1 aromatic heterocycles. The monoisotopic (exact) mass is 265 g/mol. The van der Waals surface area contributed by atoms with E-state index in [0.29, 0.717) is 6.54 Å². The van der Waals surface area contributed by atoms with Crippen molar-refractivity contribution >= 4 is 5.95 Å². The van der Waals surface area contributed by atoms with Crippen molar-refractivity contribution in [3.63, 3.8) is 0 Å². The van der Waals surface area contributed by atoms with Crippen LogP contribution in [0.15, 0.2) is 0 Å². The van der Waals surface area contributed by atoms with E-state index in [1.54, 1.807) is 0 Å². The second-order valence-corrected chi connectivity index (χ2v) is 5.79. The van der Waals surface area contributed by atoms with Gasteiger partial charge in [-0.1, -0.05) is 6.92 Å². The Morgan fingerprint density at radius 2 is 2.00 bits per heavy atom. The summed E-state index contributed by atoms with van der Waals surface area (Å²) in [6.07, 6.45) is 4.75. The van der Waals surface area contributed by atoms with Gasteiger partial charge in [0.25, 0.3) is 0 Å². The topological polar surface area (TPSA) is 68.8 Å². The molecule has 1 saturated carbocycles. The van der Waals surface area contributed by atoms with Crippen molar-refractivity contribution < 1.29 is 0 Å². The molecule has 1 fully saturated rings. The first-order valence-corrected chi connectivity index (χ1v) is 7.54. The Labute approximate surface area is 116 Å². The maximum Gasteiger partial charge on any atom is 0.224 e. The Kier molecular flexibility index (Phi) is 4.45. The highest BCUT2D eigenvalue weighted by atomic mass is 15.4. The second kappa shape index (κ2) is 5.90. The zero-order chi connectivity index (χ0) is 13.9. The van der Waals surface area contributed by atoms with E-state index in [1.807, 2.05) is 0 Å². The third-order valence-corrected chi connectivity index (χ3v) is 4.50. The van der Waals surface area contributed by atoms with Crippen molar-refractivity contribution in [2.24, 2.45) is 11.7 Å². The van der Waals surface area contributed by atoms with Crippen LogP contribution in [0.5, 0.6) is 0 Å². The second-order valence-electron chi connectivity index (χ2n) is 5.79. The van der Waals surface area contributed by atoms with Crippen molar-refractivity contribution in [3.8, 4) is 0 Å². The Morgan fingerprint density at radius 3 is 2.53 bits per heavy atom. The highest BCUT2D eigenvalue weighted by Gasteiger charge is 2.39. The Hall–Kier alpha value is -1.10. The van der Waals surface area contributed by atoms with Crippen LogP contribution in [0.25, 0.3) is 0 Å². The van der Waals surface area contributed by atoms with Gasteiger partial charge in [0.1, 0.15) is 5.82 Å². The molecule has 0 amide bonds. The van der Waals surface area contributed by atoms with Crippen molar-refractivity contribution in [3.05, 3.63) is 5.82 Å². The van der Waals surface area contributed by atoms with E-state index in [2.05, 4.69) is 40.9 Å². The van der Waals surface area contributed by atoms with Gasteiger partial charge < -0.3 is 11.1 Å². The molecular formula is C14H27N5. The standard InChI is InChI=1S/C14H27N5/c1-4-16-13-18-17-12(19(13)5-2)14(10-15)8-6-11(3)7-9-14/h11H,4-10,15H2,1-3H3,(H,16,18). The first-order valence-electron chi connectivity index (χ1n) is 7.54. The van der Waals surface area contributed by atoms with E-state index in [0.717, 1.165) is 43.6 Å². The van der Waals surface area contributed by atoms with Crippen LogP contribution >= 0.6 is 0 Å². The first kappa shape index (κ1) is 14.3. The van der Waals surface area contributed by atoms with Crippen LogP contribution < -0.4 is 11.1 Å². The van der Waals surface area contributed by atoms with Gasteiger partial charge in [-0.3, -0.25) is 4.57 Å². The molecule has 0 bridgehead atoms. The molecule has 0 saturated heterocycles. The molecule has 0 radical (unpaired) electrons. The van der Waals surface area contributed by atoms with Crippen molar-refractivity contribution in [2.45, 2.75) is 58.4 Å². The fraction of sp³-hybridized carbons (Fsp3) is 0.857. The van der Waals surface area contributed by atoms with Gasteiger partial charge in [-0.05, 0) is 45.4 Å². The molecule has 108 valence electrons. The molecule has 19 heavy (non-hydrogen) atoms. The van der Waals surface area contributed by atoms with Gasteiger partial charge >= 0.3 is 0 Å². The van der Waals surface area contributed by atoms with Crippen molar-refractivity contribution in [1.82, 2.24) is 14.8 Å².